The van der Waals surface area contributed by atoms with Gasteiger partial charge in [0.15, 0.2) is 0 Å². The molecule has 0 unspecified atom stereocenters. The second-order valence-electron chi connectivity index (χ2n) is 11.7. The van der Waals surface area contributed by atoms with Crippen molar-refractivity contribution >= 4 is 34.1 Å². The summed E-state index contributed by atoms with van der Waals surface area (Å²) in [7, 11) is 0. The first-order valence-electron chi connectivity index (χ1n) is 15.8. The SMILES string of the molecule is Cc1cccc(N(c2ccc(OCCOc3ccc(N(c4cccc(C)c4)c4cccc(C)c4)cc3)cc2)c2cccc(C)c2)c1. The molecule has 230 valence electrons. The number of rotatable bonds is 11. The summed E-state index contributed by atoms with van der Waals surface area (Å²) in [6.45, 7) is 9.38. The lowest BCUT2D eigenvalue weighted by molar-refractivity contribution is 0.217. The first kappa shape index (κ1) is 30.5. The number of hydrogen-bond donors (Lipinski definition) is 0. The zero-order valence-corrected chi connectivity index (χ0v) is 27.0. The Labute approximate surface area is 273 Å². The zero-order chi connectivity index (χ0) is 31.9. The standard InChI is InChI=1S/C42H40N2O2/c1-31-9-5-13-37(27-31)43(38-14-6-10-32(2)28-38)35-17-21-41(22-18-35)45-25-26-46-42-23-19-36(20-24-42)44(39-15-7-11-33(3)29-39)40-16-8-12-34(4)30-40/h5-24,27-30H,25-26H2,1-4H3. The maximum atomic E-state index is 6.06. The minimum atomic E-state index is 0.444. The molecule has 46 heavy (non-hydrogen) atoms. The summed E-state index contributed by atoms with van der Waals surface area (Å²) in [5.74, 6) is 1.62. The van der Waals surface area contributed by atoms with Crippen LogP contribution in [-0.2, 0) is 0 Å². The van der Waals surface area contributed by atoms with Crippen molar-refractivity contribution in [1.29, 1.82) is 0 Å². The van der Waals surface area contributed by atoms with E-state index in [0.29, 0.717) is 13.2 Å². The van der Waals surface area contributed by atoms with Crippen LogP contribution in [0.3, 0.4) is 0 Å². The van der Waals surface area contributed by atoms with Gasteiger partial charge in [-0.05, 0) is 147 Å². The van der Waals surface area contributed by atoms with Crippen LogP contribution < -0.4 is 19.3 Å². The fraction of sp³-hybridized carbons (Fsp3) is 0.143. The average molecular weight is 605 g/mol. The van der Waals surface area contributed by atoms with Crippen molar-refractivity contribution in [3.8, 4) is 11.5 Å². The van der Waals surface area contributed by atoms with Crippen LogP contribution >= 0.6 is 0 Å². The molecule has 0 heterocycles. The predicted octanol–water partition coefficient (Wildman–Crippen LogP) is 11.3. The minimum absolute atomic E-state index is 0.444. The van der Waals surface area contributed by atoms with Crippen LogP contribution in [-0.4, -0.2) is 13.2 Å². The van der Waals surface area contributed by atoms with Crippen molar-refractivity contribution in [2.45, 2.75) is 27.7 Å². The molecule has 0 atom stereocenters. The Morgan fingerprint density at radius 1 is 0.348 bits per heavy atom. The van der Waals surface area contributed by atoms with Gasteiger partial charge in [0, 0.05) is 34.1 Å². The van der Waals surface area contributed by atoms with E-state index in [1.807, 2.05) is 24.3 Å². The van der Waals surface area contributed by atoms with Crippen LogP contribution in [0.4, 0.5) is 34.1 Å². The third-order valence-corrected chi connectivity index (χ3v) is 7.85. The highest BCUT2D eigenvalue weighted by molar-refractivity contribution is 5.78. The Hall–Kier alpha value is -5.48. The van der Waals surface area contributed by atoms with Gasteiger partial charge in [0.25, 0.3) is 0 Å². The van der Waals surface area contributed by atoms with Crippen molar-refractivity contribution in [3.05, 3.63) is 168 Å². The summed E-state index contributed by atoms with van der Waals surface area (Å²) in [5, 5.41) is 0. The van der Waals surface area contributed by atoms with Crippen molar-refractivity contribution in [2.24, 2.45) is 0 Å². The second-order valence-corrected chi connectivity index (χ2v) is 11.7. The Kier molecular flexibility index (Phi) is 9.35. The molecule has 0 aliphatic rings. The normalized spacial score (nSPS) is 10.8. The number of ether oxygens (including phenoxy) is 2. The van der Waals surface area contributed by atoms with Gasteiger partial charge in [0.1, 0.15) is 24.7 Å². The Morgan fingerprint density at radius 3 is 0.891 bits per heavy atom. The first-order chi connectivity index (χ1) is 22.4. The molecule has 6 aromatic carbocycles. The van der Waals surface area contributed by atoms with E-state index in [1.54, 1.807) is 0 Å². The largest absolute Gasteiger partial charge is 0.490 e. The molecule has 6 rings (SSSR count). The van der Waals surface area contributed by atoms with Crippen LogP contribution in [0.15, 0.2) is 146 Å². The van der Waals surface area contributed by atoms with Gasteiger partial charge in [-0.2, -0.15) is 0 Å². The molecule has 0 bridgehead atoms. The molecule has 0 aliphatic carbocycles. The smallest absolute Gasteiger partial charge is 0.122 e. The van der Waals surface area contributed by atoms with Gasteiger partial charge >= 0.3 is 0 Å². The third kappa shape index (κ3) is 7.41. The Bertz CT molecular complexity index is 1670. The van der Waals surface area contributed by atoms with E-state index in [2.05, 4.69) is 159 Å². The quantitative estimate of drug-likeness (QED) is 0.137. The number of aryl methyl sites for hydroxylation is 4. The van der Waals surface area contributed by atoms with Crippen molar-refractivity contribution < 1.29 is 9.47 Å². The van der Waals surface area contributed by atoms with Gasteiger partial charge < -0.3 is 19.3 Å². The zero-order valence-electron chi connectivity index (χ0n) is 27.0. The molecule has 0 N–H and O–H groups in total. The van der Waals surface area contributed by atoms with Crippen LogP contribution in [0.2, 0.25) is 0 Å². The monoisotopic (exact) mass is 604 g/mol. The van der Waals surface area contributed by atoms with E-state index < -0.39 is 0 Å². The number of benzene rings is 6. The van der Waals surface area contributed by atoms with Gasteiger partial charge in [0.2, 0.25) is 0 Å². The fourth-order valence-corrected chi connectivity index (χ4v) is 5.66. The van der Waals surface area contributed by atoms with E-state index in [1.165, 1.54) is 22.3 Å². The van der Waals surface area contributed by atoms with Crippen molar-refractivity contribution in [3.63, 3.8) is 0 Å². The number of hydrogen-bond acceptors (Lipinski definition) is 4. The molecule has 0 fully saturated rings. The molecule has 0 radical (unpaired) electrons. The molecule has 0 amide bonds. The van der Waals surface area contributed by atoms with Gasteiger partial charge in [-0.3, -0.25) is 0 Å². The van der Waals surface area contributed by atoms with Gasteiger partial charge in [0.05, 0.1) is 0 Å². The second kappa shape index (κ2) is 14.1. The number of nitrogens with zero attached hydrogens (tertiary/aromatic N) is 2. The summed E-state index contributed by atoms with van der Waals surface area (Å²) >= 11 is 0. The molecule has 4 heteroatoms. The number of anilines is 6. The summed E-state index contributed by atoms with van der Waals surface area (Å²) in [6.07, 6.45) is 0. The van der Waals surface area contributed by atoms with Crippen molar-refractivity contribution in [2.75, 3.05) is 23.0 Å². The highest BCUT2D eigenvalue weighted by Crippen LogP contribution is 2.37. The Morgan fingerprint density at radius 2 is 0.630 bits per heavy atom. The molecular weight excluding hydrogens is 564 g/mol. The van der Waals surface area contributed by atoms with E-state index in [-0.39, 0.29) is 0 Å². The molecule has 0 aliphatic heterocycles. The minimum Gasteiger partial charge on any atom is -0.490 e. The lowest BCUT2D eigenvalue weighted by Crippen LogP contribution is -2.11. The summed E-state index contributed by atoms with van der Waals surface area (Å²) < 4.78 is 12.1. The molecule has 0 aromatic heterocycles. The highest BCUT2D eigenvalue weighted by atomic mass is 16.5. The van der Waals surface area contributed by atoms with Crippen LogP contribution in [0.25, 0.3) is 0 Å². The topological polar surface area (TPSA) is 24.9 Å². The summed E-state index contributed by atoms with van der Waals surface area (Å²) in [4.78, 5) is 4.55. The molecule has 0 saturated carbocycles. The fourth-order valence-electron chi connectivity index (χ4n) is 5.66. The van der Waals surface area contributed by atoms with Gasteiger partial charge in [-0.15, -0.1) is 0 Å². The van der Waals surface area contributed by atoms with E-state index in [9.17, 15) is 0 Å². The van der Waals surface area contributed by atoms with Crippen molar-refractivity contribution in [1.82, 2.24) is 0 Å². The molecule has 0 saturated heterocycles. The summed E-state index contributed by atoms with van der Waals surface area (Å²) in [6, 6.07) is 50.8. The highest BCUT2D eigenvalue weighted by Gasteiger charge is 2.14. The molecule has 6 aromatic rings. The van der Waals surface area contributed by atoms with Gasteiger partial charge in [-0.1, -0.05) is 48.5 Å². The van der Waals surface area contributed by atoms with Crippen LogP contribution in [0.1, 0.15) is 22.3 Å². The van der Waals surface area contributed by atoms with E-state index >= 15 is 0 Å². The predicted molar refractivity (Wildman–Crippen MR) is 192 cm³/mol. The maximum Gasteiger partial charge on any atom is 0.122 e. The van der Waals surface area contributed by atoms with E-state index in [0.717, 1.165) is 45.6 Å². The first-order valence-corrected chi connectivity index (χ1v) is 15.8. The molecule has 0 spiro atoms. The Balaban J connectivity index is 1.10. The lowest BCUT2D eigenvalue weighted by atomic mass is 10.1. The third-order valence-electron chi connectivity index (χ3n) is 7.85. The average Bonchev–Trinajstić information content (AvgIpc) is 3.05. The lowest BCUT2D eigenvalue weighted by Gasteiger charge is -2.26. The van der Waals surface area contributed by atoms with Crippen LogP contribution in [0, 0.1) is 27.7 Å². The molecular formula is C42H40N2O2. The maximum absolute atomic E-state index is 6.06. The van der Waals surface area contributed by atoms with Crippen LogP contribution in [0.5, 0.6) is 11.5 Å². The molecule has 4 nitrogen and oxygen atoms in total. The van der Waals surface area contributed by atoms with Gasteiger partial charge in [-0.25, -0.2) is 0 Å². The van der Waals surface area contributed by atoms with E-state index in [4.69, 9.17) is 9.47 Å². The summed E-state index contributed by atoms with van der Waals surface area (Å²) in [5.41, 5.74) is 11.5.